The molecule has 0 bridgehead atoms. The third kappa shape index (κ3) is 3.08. The lowest BCUT2D eigenvalue weighted by atomic mass is 9.72. The SMILES string of the molecule is C=C[C@](C)(O)/C=C\C1=C(C)CCCC1(C)C. The molecule has 1 rings (SSSR count). The van der Waals surface area contributed by atoms with Crippen molar-refractivity contribution < 1.29 is 5.11 Å². The highest BCUT2D eigenvalue weighted by molar-refractivity contribution is 5.34. The van der Waals surface area contributed by atoms with Gasteiger partial charge in [0.15, 0.2) is 0 Å². The molecule has 1 atom stereocenters. The highest BCUT2D eigenvalue weighted by atomic mass is 16.3. The summed E-state index contributed by atoms with van der Waals surface area (Å²) in [6, 6.07) is 0. The first-order valence-electron chi connectivity index (χ1n) is 6.04. The molecule has 1 nitrogen and oxygen atoms in total. The molecular formula is C15H24O. The van der Waals surface area contributed by atoms with E-state index in [2.05, 4.69) is 33.4 Å². The fraction of sp³-hybridized carbons (Fsp3) is 0.600. The summed E-state index contributed by atoms with van der Waals surface area (Å²) in [5.41, 5.74) is 2.16. The van der Waals surface area contributed by atoms with Gasteiger partial charge in [-0.15, -0.1) is 0 Å². The molecule has 1 aliphatic rings. The van der Waals surface area contributed by atoms with Crippen molar-refractivity contribution in [2.75, 3.05) is 0 Å². The summed E-state index contributed by atoms with van der Waals surface area (Å²) in [6.45, 7) is 12.1. The zero-order chi connectivity index (χ0) is 12.4. The van der Waals surface area contributed by atoms with Gasteiger partial charge in [-0.2, -0.15) is 0 Å². The second kappa shape index (κ2) is 4.58. The van der Waals surface area contributed by atoms with E-state index in [9.17, 15) is 5.11 Å². The van der Waals surface area contributed by atoms with Crippen molar-refractivity contribution in [3.63, 3.8) is 0 Å². The van der Waals surface area contributed by atoms with Crippen molar-refractivity contribution in [3.8, 4) is 0 Å². The molecule has 0 saturated carbocycles. The van der Waals surface area contributed by atoms with E-state index in [0.29, 0.717) is 0 Å². The van der Waals surface area contributed by atoms with E-state index in [0.717, 1.165) is 0 Å². The monoisotopic (exact) mass is 220 g/mol. The van der Waals surface area contributed by atoms with Crippen LogP contribution in [0.15, 0.2) is 36.0 Å². The van der Waals surface area contributed by atoms with Crippen molar-refractivity contribution in [1.82, 2.24) is 0 Å². The van der Waals surface area contributed by atoms with Crippen LogP contribution in [0.2, 0.25) is 0 Å². The Morgan fingerprint density at radius 1 is 1.44 bits per heavy atom. The summed E-state index contributed by atoms with van der Waals surface area (Å²) in [4.78, 5) is 0. The van der Waals surface area contributed by atoms with Crippen molar-refractivity contribution in [2.45, 2.75) is 52.6 Å². The van der Waals surface area contributed by atoms with Crippen molar-refractivity contribution in [1.29, 1.82) is 0 Å². The third-order valence-corrected chi connectivity index (χ3v) is 3.54. The summed E-state index contributed by atoms with van der Waals surface area (Å²) >= 11 is 0. The zero-order valence-corrected chi connectivity index (χ0v) is 11.0. The molecular weight excluding hydrogens is 196 g/mol. The topological polar surface area (TPSA) is 20.2 Å². The van der Waals surface area contributed by atoms with Crippen molar-refractivity contribution in [2.24, 2.45) is 5.41 Å². The Kier molecular flexibility index (Phi) is 3.80. The summed E-state index contributed by atoms with van der Waals surface area (Å²) in [5, 5.41) is 9.88. The Labute approximate surface area is 99.6 Å². The molecule has 0 radical (unpaired) electrons. The van der Waals surface area contributed by atoms with Gasteiger partial charge in [0.25, 0.3) is 0 Å². The van der Waals surface area contributed by atoms with Crippen molar-refractivity contribution >= 4 is 0 Å². The van der Waals surface area contributed by atoms with Gasteiger partial charge in [-0.1, -0.05) is 38.2 Å². The normalized spacial score (nSPS) is 24.6. The summed E-state index contributed by atoms with van der Waals surface area (Å²) in [7, 11) is 0. The number of hydrogen-bond donors (Lipinski definition) is 1. The Morgan fingerprint density at radius 2 is 2.06 bits per heavy atom. The molecule has 0 aromatic rings. The highest BCUT2D eigenvalue weighted by Gasteiger charge is 2.27. The summed E-state index contributed by atoms with van der Waals surface area (Å²) in [5.74, 6) is 0. The molecule has 0 fully saturated rings. The van der Waals surface area contributed by atoms with Gasteiger partial charge >= 0.3 is 0 Å². The van der Waals surface area contributed by atoms with Gasteiger partial charge in [-0.25, -0.2) is 0 Å². The Morgan fingerprint density at radius 3 is 2.56 bits per heavy atom. The third-order valence-electron chi connectivity index (χ3n) is 3.54. The van der Waals surface area contributed by atoms with E-state index in [-0.39, 0.29) is 5.41 Å². The van der Waals surface area contributed by atoms with Gasteiger partial charge < -0.3 is 5.11 Å². The summed E-state index contributed by atoms with van der Waals surface area (Å²) in [6.07, 6.45) is 9.16. The van der Waals surface area contributed by atoms with E-state index in [4.69, 9.17) is 0 Å². The van der Waals surface area contributed by atoms with E-state index < -0.39 is 5.60 Å². The van der Waals surface area contributed by atoms with Gasteiger partial charge in [0.1, 0.15) is 0 Å². The van der Waals surface area contributed by atoms with Crippen LogP contribution in [0.1, 0.15) is 47.0 Å². The van der Waals surface area contributed by atoms with E-state index in [1.54, 1.807) is 13.0 Å². The lowest BCUT2D eigenvalue weighted by Crippen LogP contribution is -2.21. The maximum Gasteiger partial charge on any atom is 0.0981 e. The molecule has 1 N–H and O–H groups in total. The summed E-state index contributed by atoms with van der Waals surface area (Å²) < 4.78 is 0. The molecule has 1 heteroatoms. The molecule has 1 aliphatic carbocycles. The number of aliphatic hydroxyl groups is 1. The predicted molar refractivity (Wildman–Crippen MR) is 70.3 cm³/mol. The average molecular weight is 220 g/mol. The Balaban J connectivity index is 2.98. The Hall–Kier alpha value is -0.820. The Bertz CT molecular complexity index is 329. The zero-order valence-electron chi connectivity index (χ0n) is 11.0. The molecule has 0 amide bonds. The highest BCUT2D eigenvalue weighted by Crippen LogP contribution is 2.40. The van der Waals surface area contributed by atoms with Crippen molar-refractivity contribution in [3.05, 3.63) is 36.0 Å². The van der Waals surface area contributed by atoms with Crippen LogP contribution in [-0.2, 0) is 0 Å². The van der Waals surface area contributed by atoms with Crippen LogP contribution in [0.4, 0.5) is 0 Å². The fourth-order valence-corrected chi connectivity index (χ4v) is 2.33. The molecule has 0 unspecified atom stereocenters. The maximum absolute atomic E-state index is 9.88. The van der Waals surface area contributed by atoms with Crippen LogP contribution in [-0.4, -0.2) is 10.7 Å². The van der Waals surface area contributed by atoms with Gasteiger partial charge in [0, 0.05) is 0 Å². The molecule has 0 heterocycles. The molecule has 0 aromatic heterocycles. The minimum Gasteiger partial charge on any atom is -0.382 e. The second-order valence-corrected chi connectivity index (χ2v) is 5.69. The first-order valence-corrected chi connectivity index (χ1v) is 6.04. The number of allylic oxidation sites excluding steroid dienone is 3. The van der Waals surface area contributed by atoms with Crippen LogP contribution in [0.25, 0.3) is 0 Å². The van der Waals surface area contributed by atoms with Crippen LogP contribution < -0.4 is 0 Å². The van der Waals surface area contributed by atoms with E-state index in [1.165, 1.54) is 30.4 Å². The largest absolute Gasteiger partial charge is 0.382 e. The average Bonchev–Trinajstić information content (AvgIpc) is 2.16. The predicted octanol–water partition coefficient (Wildman–Crippen LogP) is 4.01. The van der Waals surface area contributed by atoms with Gasteiger partial charge in [0.05, 0.1) is 5.60 Å². The minimum absolute atomic E-state index is 0.232. The molecule has 0 aliphatic heterocycles. The van der Waals surface area contributed by atoms with Gasteiger partial charge in [-0.05, 0) is 50.2 Å². The van der Waals surface area contributed by atoms with Crippen LogP contribution in [0.5, 0.6) is 0 Å². The smallest absolute Gasteiger partial charge is 0.0981 e. The number of rotatable bonds is 3. The number of hydrogen-bond acceptors (Lipinski definition) is 1. The first-order chi connectivity index (χ1) is 7.28. The van der Waals surface area contributed by atoms with Crippen LogP contribution in [0, 0.1) is 5.41 Å². The first kappa shape index (κ1) is 13.2. The van der Waals surface area contributed by atoms with Gasteiger partial charge in [0.2, 0.25) is 0 Å². The molecule has 0 spiro atoms. The standard InChI is InChI=1S/C15H24O/c1-6-15(5,16)11-9-13-12(2)8-7-10-14(13,3)4/h6,9,11,16H,1,7-8,10H2,2-5H3/b11-9-/t15-/m0/s1. The quantitative estimate of drug-likeness (QED) is 0.713. The van der Waals surface area contributed by atoms with Crippen LogP contribution >= 0.6 is 0 Å². The molecule has 0 aromatic carbocycles. The molecule has 16 heavy (non-hydrogen) atoms. The minimum atomic E-state index is -0.902. The second-order valence-electron chi connectivity index (χ2n) is 5.69. The van der Waals surface area contributed by atoms with Crippen LogP contribution in [0.3, 0.4) is 0 Å². The lowest BCUT2D eigenvalue weighted by molar-refractivity contribution is 0.164. The molecule has 0 saturated heterocycles. The fourth-order valence-electron chi connectivity index (χ4n) is 2.33. The lowest BCUT2D eigenvalue weighted by Gasteiger charge is -2.33. The van der Waals surface area contributed by atoms with Gasteiger partial charge in [-0.3, -0.25) is 0 Å². The van der Waals surface area contributed by atoms with E-state index >= 15 is 0 Å². The maximum atomic E-state index is 9.88. The molecule has 90 valence electrons. The van der Waals surface area contributed by atoms with E-state index in [1.807, 2.05) is 6.08 Å².